The third kappa shape index (κ3) is 8.33. The molecule has 0 aliphatic heterocycles. The normalized spacial score (nSPS) is 11.4. The zero-order chi connectivity index (χ0) is 24.1. The van der Waals surface area contributed by atoms with Crippen LogP contribution in [0.4, 0.5) is 0 Å². The molecule has 0 amide bonds. The third-order valence-electron chi connectivity index (χ3n) is 5.35. The molecule has 4 aromatic carbocycles. The second-order valence-corrected chi connectivity index (χ2v) is 30.0. The zero-order valence-corrected chi connectivity index (χ0v) is 26.7. The minimum atomic E-state index is -1.84. The molecule has 0 fully saturated rings. The van der Waals surface area contributed by atoms with Crippen LogP contribution in [0.15, 0.2) is 72.8 Å². The van der Waals surface area contributed by atoms with E-state index in [2.05, 4.69) is 112 Å². The molecule has 4 aromatic rings. The molecular formula is C27H36Cl2Si2Zr-2. The molecular weight excluding hydrogens is 543 g/mol. The second kappa shape index (κ2) is 11.7. The van der Waals surface area contributed by atoms with Crippen molar-refractivity contribution in [3.8, 4) is 0 Å². The van der Waals surface area contributed by atoms with Crippen molar-refractivity contribution >= 4 is 68.3 Å². The largest absolute Gasteiger partial charge is 0.169 e. The van der Waals surface area contributed by atoms with E-state index in [1.165, 1.54) is 24.8 Å². The van der Waals surface area contributed by atoms with Gasteiger partial charge in [0.25, 0.3) is 0 Å². The monoisotopic (exact) mass is 576 g/mol. The molecule has 172 valence electrons. The van der Waals surface area contributed by atoms with Crippen LogP contribution in [0.2, 0.25) is 39.3 Å². The van der Waals surface area contributed by atoms with E-state index in [0.29, 0.717) is 0 Å². The van der Waals surface area contributed by atoms with Crippen LogP contribution in [-0.2, 0) is 18.9 Å². The van der Waals surface area contributed by atoms with Crippen LogP contribution in [0.25, 0.3) is 21.5 Å². The van der Waals surface area contributed by atoms with E-state index in [1.807, 2.05) is 13.8 Å². The van der Waals surface area contributed by atoms with Gasteiger partial charge in [-0.05, 0) is 0 Å². The Morgan fingerprint density at radius 1 is 0.656 bits per heavy atom. The van der Waals surface area contributed by atoms with Gasteiger partial charge in [-0.3, -0.25) is 0 Å². The summed E-state index contributed by atoms with van der Waals surface area (Å²) in [7, 11) is 8.84. The summed E-state index contributed by atoms with van der Waals surface area (Å²) in [5.74, 6) is 0. The van der Waals surface area contributed by atoms with Crippen molar-refractivity contribution in [2.24, 2.45) is 0 Å². The number of rotatable bonds is 2. The summed E-state index contributed by atoms with van der Waals surface area (Å²) in [6, 6.07) is 26.6. The minimum Gasteiger partial charge on any atom is -0.169 e. The maximum Gasteiger partial charge on any atom is 0.0564 e. The molecule has 5 heteroatoms. The summed E-state index contributed by atoms with van der Waals surface area (Å²) < 4.78 is 1.24. The first-order chi connectivity index (χ1) is 14.8. The van der Waals surface area contributed by atoms with Crippen molar-refractivity contribution in [2.45, 2.75) is 53.1 Å². The molecule has 0 nitrogen and oxygen atoms in total. The Kier molecular flexibility index (Phi) is 10.1. The number of benzene rings is 2. The van der Waals surface area contributed by atoms with Gasteiger partial charge in [-0.1, -0.05) is 51.4 Å². The summed E-state index contributed by atoms with van der Waals surface area (Å²) >= 11 is -1.84. The summed E-state index contributed by atoms with van der Waals surface area (Å²) in [5.41, 5.74) is 0. The fourth-order valence-electron chi connectivity index (χ4n) is 3.17. The van der Waals surface area contributed by atoms with Crippen LogP contribution in [0.3, 0.4) is 0 Å². The van der Waals surface area contributed by atoms with E-state index >= 15 is 0 Å². The molecule has 0 atom stereocenters. The van der Waals surface area contributed by atoms with Crippen molar-refractivity contribution in [1.82, 2.24) is 0 Å². The average Bonchev–Trinajstić information content (AvgIpc) is 3.33. The van der Waals surface area contributed by atoms with Gasteiger partial charge in [-0.2, -0.15) is 22.9 Å². The van der Waals surface area contributed by atoms with Gasteiger partial charge in [0.2, 0.25) is 0 Å². The summed E-state index contributed by atoms with van der Waals surface area (Å²) in [4.78, 5) is 0. The topological polar surface area (TPSA) is 0 Å². The maximum atomic E-state index is 5.54. The number of hydrogen-bond acceptors (Lipinski definition) is 0. The predicted molar refractivity (Wildman–Crippen MR) is 153 cm³/mol. The smallest absolute Gasteiger partial charge is 0.0564 e. The number of fused-ring (bicyclic) bond motifs is 2. The van der Waals surface area contributed by atoms with Crippen molar-refractivity contribution < 1.29 is 18.9 Å². The molecule has 0 aliphatic rings. The Morgan fingerprint density at radius 2 is 0.969 bits per heavy atom. The van der Waals surface area contributed by atoms with Crippen molar-refractivity contribution in [1.29, 1.82) is 0 Å². The first-order valence-corrected chi connectivity index (χ1v) is 25.7. The van der Waals surface area contributed by atoms with Gasteiger partial charge < -0.3 is 0 Å². The first kappa shape index (κ1) is 27.7. The van der Waals surface area contributed by atoms with Gasteiger partial charge in [0.1, 0.15) is 0 Å². The zero-order valence-electron chi connectivity index (χ0n) is 20.7. The van der Waals surface area contributed by atoms with E-state index in [1.54, 1.807) is 10.4 Å². The third-order valence-corrected chi connectivity index (χ3v) is 15.7. The van der Waals surface area contributed by atoms with E-state index in [-0.39, 0.29) is 0 Å². The van der Waals surface area contributed by atoms with Crippen LogP contribution in [-0.4, -0.2) is 19.4 Å². The second-order valence-electron chi connectivity index (χ2n) is 10.5. The minimum absolute atomic E-state index is 1.12. The van der Waals surface area contributed by atoms with E-state index in [9.17, 15) is 0 Å². The quantitative estimate of drug-likeness (QED) is 0.166. The first-order valence-electron chi connectivity index (χ1n) is 11.1. The molecule has 0 heterocycles. The SMILES string of the molecule is C[C](C)=[Zr]([Cl])[Cl].C[Si](C)(C)c1cc2ccccc2[cH-]1.C[Si](C)(C)c1cc2ccccc2[cH-]1. The molecule has 4 rings (SSSR count). The van der Waals surface area contributed by atoms with Gasteiger partial charge in [0.05, 0.1) is 16.1 Å². The molecule has 0 bridgehead atoms. The molecule has 0 radical (unpaired) electrons. The average molecular weight is 579 g/mol. The van der Waals surface area contributed by atoms with Gasteiger partial charge in [0, 0.05) is 0 Å². The molecule has 0 unspecified atom stereocenters. The van der Waals surface area contributed by atoms with Gasteiger partial charge in [-0.15, -0.1) is 69.7 Å². The molecule has 0 aliphatic carbocycles. The van der Waals surface area contributed by atoms with Crippen LogP contribution >= 0.6 is 17.0 Å². The predicted octanol–water partition coefficient (Wildman–Crippen LogP) is 8.33. The van der Waals surface area contributed by atoms with Crippen LogP contribution in [0.1, 0.15) is 13.8 Å². The standard InChI is InChI=1S/2C12H15Si.C3H6.2ClH.Zr/c2*1-13(2,3)12-8-10-6-4-5-7-11(10)9-12;1-3-2;;;/h2*4-9H,1-3H3;1-2H3;2*1H;/q2*-1;;;;+2/p-2. The molecule has 0 saturated carbocycles. The van der Waals surface area contributed by atoms with E-state index in [4.69, 9.17) is 17.0 Å². The van der Waals surface area contributed by atoms with Crippen LogP contribution in [0, 0.1) is 0 Å². The van der Waals surface area contributed by atoms with Crippen LogP contribution in [0.5, 0.6) is 0 Å². The van der Waals surface area contributed by atoms with E-state index < -0.39 is 35.0 Å². The molecule has 0 N–H and O–H groups in total. The Hall–Kier alpha value is -0.573. The fourth-order valence-corrected chi connectivity index (χ4v) is 5.52. The van der Waals surface area contributed by atoms with Gasteiger partial charge in [-0.25, -0.2) is 0 Å². The Morgan fingerprint density at radius 3 is 1.22 bits per heavy atom. The van der Waals surface area contributed by atoms with Gasteiger partial charge in [0.15, 0.2) is 0 Å². The summed E-state index contributed by atoms with van der Waals surface area (Å²) in [5, 5.41) is 8.68. The van der Waals surface area contributed by atoms with E-state index in [0.717, 1.165) is 0 Å². The molecule has 0 saturated heterocycles. The van der Waals surface area contributed by atoms with Crippen molar-refractivity contribution in [3.05, 3.63) is 72.8 Å². The molecule has 0 aromatic heterocycles. The Labute approximate surface area is 211 Å². The van der Waals surface area contributed by atoms with Gasteiger partial charge >= 0.3 is 53.0 Å². The van der Waals surface area contributed by atoms with Crippen molar-refractivity contribution in [3.63, 3.8) is 0 Å². The Balaban J connectivity index is 0.000000183. The maximum absolute atomic E-state index is 5.54. The number of halogens is 2. The molecule has 32 heavy (non-hydrogen) atoms. The number of hydrogen-bond donors (Lipinski definition) is 0. The fraction of sp³-hybridized carbons (Fsp3) is 0.296. The van der Waals surface area contributed by atoms with Crippen molar-refractivity contribution in [2.75, 3.05) is 0 Å². The summed E-state index contributed by atoms with van der Waals surface area (Å²) in [6.45, 7) is 18.3. The molecule has 0 spiro atoms. The Bertz CT molecular complexity index is 1020. The van der Waals surface area contributed by atoms with Crippen LogP contribution < -0.4 is 10.4 Å². The summed E-state index contributed by atoms with van der Waals surface area (Å²) in [6.07, 6.45) is 0.